The minimum Gasteiger partial charge on any atom is -0.366 e. The summed E-state index contributed by atoms with van der Waals surface area (Å²) in [7, 11) is 1.99. The Balaban J connectivity index is 1.87. The van der Waals surface area contributed by atoms with Crippen LogP contribution in [0.2, 0.25) is 0 Å². The predicted octanol–water partition coefficient (Wildman–Crippen LogP) is 0.809. The average molecular weight is 318 g/mol. The molecule has 4 N–H and O–H groups in total. The van der Waals surface area contributed by atoms with Crippen LogP contribution >= 0.6 is 11.3 Å². The number of hydrogen-bond acceptors (Lipinski definition) is 3. The molecular weight excluding hydrogens is 298 g/mol. The molecule has 6 heteroatoms. The van der Waals surface area contributed by atoms with Crippen molar-refractivity contribution in [2.45, 2.75) is 13.5 Å². The smallest absolute Gasteiger partial charge is 0.279 e. The molecule has 0 aliphatic heterocycles. The minimum atomic E-state index is -0.478. The van der Waals surface area contributed by atoms with E-state index in [2.05, 4.69) is 23.7 Å². The summed E-state index contributed by atoms with van der Waals surface area (Å²) in [5, 5.41) is 4.89. The molecule has 1 atom stereocenters. The lowest BCUT2D eigenvalue weighted by Gasteiger charge is -2.13. The Morgan fingerprint density at radius 3 is 2.45 bits per heavy atom. The Kier molecular flexibility index (Phi) is 5.30. The topological polar surface area (TPSA) is 76.6 Å². The van der Waals surface area contributed by atoms with Gasteiger partial charge in [0.2, 0.25) is 5.91 Å². The quantitative estimate of drug-likeness (QED) is 0.737. The summed E-state index contributed by atoms with van der Waals surface area (Å²) in [5.74, 6) is -0.535. The highest BCUT2D eigenvalue weighted by Gasteiger charge is 2.13. The van der Waals surface area contributed by atoms with Crippen molar-refractivity contribution in [1.82, 2.24) is 0 Å². The maximum atomic E-state index is 12.0. The van der Waals surface area contributed by atoms with Gasteiger partial charge >= 0.3 is 0 Å². The third-order valence-electron chi connectivity index (χ3n) is 3.35. The summed E-state index contributed by atoms with van der Waals surface area (Å²) >= 11 is 1.72. The normalized spacial score (nSPS) is 11.9. The van der Waals surface area contributed by atoms with Gasteiger partial charge in [0.25, 0.3) is 5.91 Å². The van der Waals surface area contributed by atoms with Crippen molar-refractivity contribution in [3.05, 3.63) is 51.7 Å². The fraction of sp³-hybridized carbons (Fsp3) is 0.250. The van der Waals surface area contributed by atoms with Crippen molar-refractivity contribution >= 4 is 28.8 Å². The summed E-state index contributed by atoms with van der Waals surface area (Å²) in [6.45, 7) is 3.30. The van der Waals surface area contributed by atoms with Gasteiger partial charge in [0, 0.05) is 11.3 Å². The predicted molar refractivity (Wildman–Crippen MR) is 88.1 cm³/mol. The Hall–Kier alpha value is -2.18. The highest BCUT2D eigenvalue weighted by atomic mass is 32.1. The van der Waals surface area contributed by atoms with Crippen LogP contribution in [0.5, 0.6) is 0 Å². The Bertz CT molecular complexity index is 664. The van der Waals surface area contributed by atoms with Crippen LogP contribution in [0.3, 0.4) is 0 Å². The summed E-state index contributed by atoms with van der Waals surface area (Å²) < 4.78 is 0. The summed E-state index contributed by atoms with van der Waals surface area (Å²) in [6.07, 6.45) is 0. The zero-order valence-electron chi connectivity index (χ0n) is 12.7. The molecule has 0 bridgehead atoms. The largest absolute Gasteiger partial charge is 0.366 e. The molecule has 5 nitrogen and oxygen atoms in total. The number of nitrogens with two attached hydrogens (primary N) is 1. The number of rotatable bonds is 6. The van der Waals surface area contributed by atoms with Gasteiger partial charge in [0.1, 0.15) is 6.54 Å². The molecule has 1 aromatic carbocycles. The number of amides is 2. The van der Waals surface area contributed by atoms with E-state index in [4.69, 9.17) is 5.73 Å². The van der Waals surface area contributed by atoms with Crippen LogP contribution in [-0.2, 0) is 11.3 Å². The lowest BCUT2D eigenvalue weighted by atomic mass is 10.2. The SMILES string of the molecule is Cc1ccsc1C[NH+](C)CC(=O)Nc1ccc(C(N)=O)cc1. The number of anilines is 1. The van der Waals surface area contributed by atoms with Gasteiger partial charge in [-0.3, -0.25) is 9.59 Å². The highest BCUT2D eigenvalue weighted by molar-refractivity contribution is 7.10. The van der Waals surface area contributed by atoms with Crippen molar-refractivity contribution in [1.29, 1.82) is 0 Å². The molecule has 1 heterocycles. The number of hydrogen-bond donors (Lipinski definition) is 3. The number of quaternary nitrogens is 1. The molecule has 0 saturated carbocycles. The van der Waals surface area contributed by atoms with E-state index < -0.39 is 5.91 Å². The molecule has 116 valence electrons. The van der Waals surface area contributed by atoms with Gasteiger partial charge in [-0.25, -0.2) is 0 Å². The molecule has 0 aliphatic rings. The molecule has 0 fully saturated rings. The highest BCUT2D eigenvalue weighted by Crippen LogP contribution is 2.13. The van der Waals surface area contributed by atoms with E-state index in [0.717, 1.165) is 11.4 Å². The number of benzene rings is 1. The lowest BCUT2D eigenvalue weighted by molar-refractivity contribution is -0.884. The molecule has 22 heavy (non-hydrogen) atoms. The molecule has 2 amide bonds. The molecule has 0 aliphatic carbocycles. The first-order chi connectivity index (χ1) is 10.5. The van der Waals surface area contributed by atoms with Crippen molar-refractivity contribution < 1.29 is 14.5 Å². The van der Waals surface area contributed by atoms with Crippen molar-refractivity contribution in [3.63, 3.8) is 0 Å². The monoisotopic (exact) mass is 318 g/mol. The number of carbonyl (C=O) groups is 2. The second-order valence-electron chi connectivity index (χ2n) is 5.33. The van der Waals surface area contributed by atoms with Crippen LogP contribution in [-0.4, -0.2) is 25.4 Å². The van der Waals surface area contributed by atoms with E-state index in [-0.39, 0.29) is 5.91 Å². The number of thiophene rings is 1. The molecule has 1 unspecified atom stereocenters. The van der Waals surface area contributed by atoms with E-state index in [1.165, 1.54) is 10.4 Å². The average Bonchev–Trinajstić information content (AvgIpc) is 2.84. The third-order valence-corrected chi connectivity index (χ3v) is 4.37. The van der Waals surface area contributed by atoms with Crippen LogP contribution in [0.1, 0.15) is 20.8 Å². The summed E-state index contributed by atoms with van der Waals surface area (Å²) in [6, 6.07) is 8.65. The van der Waals surface area contributed by atoms with E-state index in [0.29, 0.717) is 17.8 Å². The van der Waals surface area contributed by atoms with Crippen LogP contribution < -0.4 is 16.0 Å². The lowest BCUT2D eigenvalue weighted by Crippen LogP contribution is -3.08. The van der Waals surface area contributed by atoms with Crippen LogP contribution in [0, 0.1) is 6.92 Å². The molecule has 0 spiro atoms. The molecule has 2 rings (SSSR count). The fourth-order valence-corrected chi connectivity index (χ4v) is 3.14. The molecule has 0 saturated heterocycles. The molecule has 2 aromatic rings. The van der Waals surface area contributed by atoms with E-state index in [1.54, 1.807) is 35.6 Å². The standard InChI is InChI=1S/C16H19N3O2S/c1-11-7-8-22-14(11)9-19(2)10-15(20)18-13-5-3-12(4-6-13)16(17)21/h3-8H,9-10H2,1-2H3,(H2,17,21)(H,18,20)/p+1. The van der Waals surface area contributed by atoms with Gasteiger partial charge < -0.3 is 16.0 Å². The van der Waals surface area contributed by atoms with Crippen molar-refractivity contribution in [2.75, 3.05) is 18.9 Å². The third kappa shape index (κ3) is 4.41. The van der Waals surface area contributed by atoms with E-state index in [1.807, 2.05) is 7.05 Å². The first-order valence-corrected chi connectivity index (χ1v) is 7.87. The summed E-state index contributed by atoms with van der Waals surface area (Å²) in [5.41, 5.74) is 7.54. The second kappa shape index (κ2) is 7.20. The second-order valence-corrected chi connectivity index (χ2v) is 6.33. The molecular formula is C16H20N3O2S+. The van der Waals surface area contributed by atoms with Crippen LogP contribution in [0.25, 0.3) is 0 Å². The number of nitrogens with one attached hydrogen (secondary N) is 2. The van der Waals surface area contributed by atoms with E-state index >= 15 is 0 Å². The van der Waals surface area contributed by atoms with Gasteiger partial charge in [0.05, 0.1) is 11.9 Å². The van der Waals surface area contributed by atoms with Crippen LogP contribution in [0.15, 0.2) is 35.7 Å². The van der Waals surface area contributed by atoms with Gasteiger partial charge in [0.15, 0.2) is 6.54 Å². The zero-order chi connectivity index (χ0) is 16.1. The van der Waals surface area contributed by atoms with Gasteiger partial charge in [-0.2, -0.15) is 0 Å². The van der Waals surface area contributed by atoms with Gasteiger partial charge in [-0.05, 0) is 48.2 Å². The zero-order valence-corrected chi connectivity index (χ0v) is 13.5. The first-order valence-electron chi connectivity index (χ1n) is 6.99. The maximum absolute atomic E-state index is 12.0. The maximum Gasteiger partial charge on any atom is 0.279 e. The first kappa shape index (κ1) is 16.2. The van der Waals surface area contributed by atoms with Gasteiger partial charge in [-0.15, -0.1) is 11.3 Å². The number of carbonyl (C=O) groups excluding carboxylic acids is 2. The fourth-order valence-electron chi connectivity index (χ4n) is 2.12. The summed E-state index contributed by atoms with van der Waals surface area (Å²) in [4.78, 5) is 25.5. The number of likely N-dealkylation sites (N-methyl/N-ethyl adjacent to an activating group) is 1. The van der Waals surface area contributed by atoms with Crippen molar-refractivity contribution in [2.24, 2.45) is 5.73 Å². The molecule has 0 radical (unpaired) electrons. The number of primary amides is 1. The number of aryl methyl sites for hydroxylation is 1. The Labute approximate surface area is 133 Å². The van der Waals surface area contributed by atoms with Gasteiger partial charge in [-0.1, -0.05) is 0 Å². The van der Waals surface area contributed by atoms with Crippen LogP contribution in [0.4, 0.5) is 5.69 Å². The Morgan fingerprint density at radius 1 is 1.23 bits per heavy atom. The molecule has 1 aromatic heterocycles. The van der Waals surface area contributed by atoms with Crippen molar-refractivity contribution in [3.8, 4) is 0 Å². The minimum absolute atomic E-state index is 0.0569. The Morgan fingerprint density at radius 2 is 1.91 bits per heavy atom. The van der Waals surface area contributed by atoms with E-state index in [9.17, 15) is 9.59 Å².